The van der Waals surface area contributed by atoms with E-state index >= 15 is 0 Å². The Labute approximate surface area is 146 Å². The quantitative estimate of drug-likeness (QED) is 0.845. The lowest BCUT2D eigenvalue weighted by atomic mass is 10.1. The van der Waals surface area contributed by atoms with Gasteiger partial charge in [0.2, 0.25) is 0 Å². The molecule has 0 aliphatic carbocycles. The first-order chi connectivity index (χ1) is 11.6. The third-order valence-corrected chi connectivity index (χ3v) is 3.14. The standard InChI is InChI=1S/C19H21FN2O3/c1-12-6-5-7-13(10-12)17(23)22-16-11-14(8-9-15(16)20)21-18(24)25-19(2,3)4/h5-11H,1-4H3,(H,21,24)(H,22,23). The van der Waals surface area contributed by atoms with E-state index in [2.05, 4.69) is 10.6 Å². The van der Waals surface area contributed by atoms with Crippen LogP contribution in [0.3, 0.4) is 0 Å². The number of anilines is 2. The molecule has 0 unspecified atom stereocenters. The minimum absolute atomic E-state index is 0.0277. The van der Waals surface area contributed by atoms with E-state index in [0.29, 0.717) is 11.3 Å². The fourth-order valence-electron chi connectivity index (χ4n) is 2.10. The van der Waals surface area contributed by atoms with Gasteiger partial charge in [-0.05, 0) is 58.0 Å². The van der Waals surface area contributed by atoms with Crippen molar-refractivity contribution in [3.8, 4) is 0 Å². The molecule has 132 valence electrons. The third kappa shape index (κ3) is 5.60. The van der Waals surface area contributed by atoms with E-state index in [1.165, 1.54) is 18.2 Å². The number of rotatable bonds is 3. The van der Waals surface area contributed by atoms with E-state index in [0.717, 1.165) is 5.56 Å². The zero-order valence-electron chi connectivity index (χ0n) is 14.6. The van der Waals surface area contributed by atoms with Gasteiger partial charge < -0.3 is 10.1 Å². The van der Waals surface area contributed by atoms with Crippen LogP contribution in [0, 0.1) is 12.7 Å². The summed E-state index contributed by atoms with van der Waals surface area (Å²) in [5.74, 6) is -1.03. The fourth-order valence-corrected chi connectivity index (χ4v) is 2.10. The van der Waals surface area contributed by atoms with Crippen LogP contribution in [0.1, 0.15) is 36.7 Å². The van der Waals surface area contributed by atoms with Crippen molar-refractivity contribution >= 4 is 23.4 Å². The maximum absolute atomic E-state index is 14.0. The van der Waals surface area contributed by atoms with Crippen LogP contribution in [0.25, 0.3) is 0 Å². The summed E-state index contributed by atoms with van der Waals surface area (Å²) in [5, 5.41) is 5.02. The number of hydrogen-bond acceptors (Lipinski definition) is 3. The maximum Gasteiger partial charge on any atom is 0.412 e. The van der Waals surface area contributed by atoms with E-state index in [9.17, 15) is 14.0 Å². The van der Waals surface area contributed by atoms with Gasteiger partial charge in [0.15, 0.2) is 0 Å². The van der Waals surface area contributed by atoms with Crippen LogP contribution >= 0.6 is 0 Å². The van der Waals surface area contributed by atoms with Crippen molar-refractivity contribution < 1.29 is 18.7 Å². The van der Waals surface area contributed by atoms with Crippen molar-refractivity contribution in [3.05, 3.63) is 59.4 Å². The maximum atomic E-state index is 14.0. The van der Waals surface area contributed by atoms with Gasteiger partial charge in [-0.25, -0.2) is 9.18 Å². The van der Waals surface area contributed by atoms with Crippen molar-refractivity contribution in [3.63, 3.8) is 0 Å². The minimum atomic E-state index is -0.657. The molecular weight excluding hydrogens is 323 g/mol. The lowest BCUT2D eigenvalue weighted by Gasteiger charge is -2.19. The highest BCUT2D eigenvalue weighted by Gasteiger charge is 2.17. The first-order valence-electron chi connectivity index (χ1n) is 7.81. The number of ether oxygens (including phenoxy) is 1. The van der Waals surface area contributed by atoms with Crippen molar-refractivity contribution in [1.29, 1.82) is 0 Å². The Morgan fingerprint density at radius 1 is 1.04 bits per heavy atom. The topological polar surface area (TPSA) is 67.4 Å². The van der Waals surface area contributed by atoms with E-state index in [-0.39, 0.29) is 5.69 Å². The number of carbonyl (C=O) groups excluding carboxylic acids is 2. The summed E-state index contributed by atoms with van der Waals surface area (Å²) in [5.41, 5.74) is 0.986. The Morgan fingerprint density at radius 3 is 2.40 bits per heavy atom. The number of benzene rings is 2. The highest BCUT2D eigenvalue weighted by molar-refractivity contribution is 6.04. The zero-order chi connectivity index (χ0) is 18.6. The average molecular weight is 344 g/mol. The number of amides is 2. The molecule has 0 aliphatic rings. The molecule has 2 rings (SSSR count). The Balaban J connectivity index is 2.13. The summed E-state index contributed by atoms with van der Waals surface area (Å²) in [7, 11) is 0. The van der Waals surface area contributed by atoms with Crippen LogP contribution in [0.5, 0.6) is 0 Å². The first-order valence-corrected chi connectivity index (χ1v) is 7.81. The van der Waals surface area contributed by atoms with Gasteiger partial charge in [-0.2, -0.15) is 0 Å². The van der Waals surface area contributed by atoms with E-state index in [1.807, 2.05) is 13.0 Å². The van der Waals surface area contributed by atoms with E-state index in [4.69, 9.17) is 4.74 Å². The molecule has 0 saturated heterocycles. The second kappa shape index (κ2) is 7.34. The molecule has 2 aromatic carbocycles. The van der Waals surface area contributed by atoms with Crippen LogP contribution in [-0.2, 0) is 4.74 Å². The molecule has 6 heteroatoms. The molecule has 0 radical (unpaired) electrons. The zero-order valence-corrected chi connectivity index (χ0v) is 14.6. The predicted molar refractivity (Wildman–Crippen MR) is 95.4 cm³/mol. The lowest BCUT2D eigenvalue weighted by Crippen LogP contribution is -2.27. The molecule has 0 aliphatic heterocycles. The molecule has 0 fully saturated rings. The lowest BCUT2D eigenvalue weighted by molar-refractivity contribution is 0.0636. The normalized spacial score (nSPS) is 10.9. The molecule has 0 aromatic heterocycles. The molecule has 0 heterocycles. The van der Waals surface area contributed by atoms with Gasteiger partial charge in [-0.1, -0.05) is 17.7 Å². The molecule has 0 bridgehead atoms. The summed E-state index contributed by atoms with van der Waals surface area (Å²) < 4.78 is 19.1. The Hall–Kier alpha value is -2.89. The summed E-state index contributed by atoms with van der Waals surface area (Å²) in [6, 6.07) is 10.9. The summed E-state index contributed by atoms with van der Waals surface area (Å²) in [4.78, 5) is 24.0. The predicted octanol–water partition coefficient (Wildman–Crippen LogP) is 4.73. The Kier molecular flexibility index (Phi) is 5.41. The second-order valence-electron chi connectivity index (χ2n) is 6.65. The molecule has 0 saturated carbocycles. The van der Waals surface area contributed by atoms with Gasteiger partial charge in [0, 0.05) is 11.3 Å². The molecule has 5 nitrogen and oxygen atoms in total. The average Bonchev–Trinajstić information content (AvgIpc) is 2.48. The second-order valence-corrected chi connectivity index (χ2v) is 6.65. The summed E-state index contributed by atoms with van der Waals surface area (Å²) >= 11 is 0. The van der Waals surface area contributed by atoms with Crippen LogP contribution < -0.4 is 10.6 Å². The number of aryl methyl sites for hydroxylation is 1. The largest absolute Gasteiger partial charge is 0.444 e. The van der Waals surface area contributed by atoms with Gasteiger partial charge >= 0.3 is 6.09 Å². The van der Waals surface area contributed by atoms with Crippen molar-refractivity contribution in [1.82, 2.24) is 0 Å². The van der Waals surface area contributed by atoms with Crippen molar-refractivity contribution in [2.45, 2.75) is 33.3 Å². The third-order valence-electron chi connectivity index (χ3n) is 3.14. The van der Waals surface area contributed by atoms with Gasteiger partial charge in [0.1, 0.15) is 11.4 Å². The first kappa shape index (κ1) is 18.4. The van der Waals surface area contributed by atoms with Crippen LogP contribution in [0.15, 0.2) is 42.5 Å². The smallest absolute Gasteiger partial charge is 0.412 e. The highest BCUT2D eigenvalue weighted by atomic mass is 19.1. The van der Waals surface area contributed by atoms with Gasteiger partial charge in [0.05, 0.1) is 5.69 Å². The van der Waals surface area contributed by atoms with Crippen molar-refractivity contribution in [2.75, 3.05) is 10.6 Å². The number of hydrogen-bond donors (Lipinski definition) is 2. The summed E-state index contributed by atoms with van der Waals surface area (Å²) in [6.45, 7) is 7.09. The monoisotopic (exact) mass is 344 g/mol. The number of halogens is 1. The van der Waals surface area contributed by atoms with Crippen LogP contribution in [0.4, 0.5) is 20.6 Å². The molecule has 2 aromatic rings. The molecule has 0 atom stereocenters. The number of nitrogens with one attached hydrogen (secondary N) is 2. The SMILES string of the molecule is Cc1cccc(C(=O)Nc2cc(NC(=O)OC(C)(C)C)ccc2F)c1. The highest BCUT2D eigenvalue weighted by Crippen LogP contribution is 2.21. The molecular formula is C19H21FN2O3. The molecule has 2 amide bonds. The van der Waals surface area contributed by atoms with Crippen LogP contribution in [0.2, 0.25) is 0 Å². The molecule has 0 spiro atoms. The molecule has 25 heavy (non-hydrogen) atoms. The molecule has 2 N–H and O–H groups in total. The number of carbonyl (C=O) groups is 2. The van der Waals surface area contributed by atoms with E-state index < -0.39 is 23.4 Å². The van der Waals surface area contributed by atoms with Gasteiger partial charge in [-0.3, -0.25) is 10.1 Å². The minimum Gasteiger partial charge on any atom is -0.444 e. The Bertz CT molecular complexity index is 797. The summed E-state index contributed by atoms with van der Waals surface area (Å²) in [6.07, 6.45) is -0.657. The van der Waals surface area contributed by atoms with E-state index in [1.54, 1.807) is 39.0 Å². The van der Waals surface area contributed by atoms with Gasteiger partial charge in [-0.15, -0.1) is 0 Å². The Morgan fingerprint density at radius 2 is 1.76 bits per heavy atom. The van der Waals surface area contributed by atoms with Crippen molar-refractivity contribution in [2.24, 2.45) is 0 Å². The fraction of sp³-hybridized carbons (Fsp3) is 0.263. The van der Waals surface area contributed by atoms with Gasteiger partial charge in [0.25, 0.3) is 5.91 Å². The van der Waals surface area contributed by atoms with Crippen LogP contribution in [-0.4, -0.2) is 17.6 Å².